The lowest BCUT2D eigenvalue weighted by Gasteiger charge is -2.14. The molecule has 3 N–H and O–H groups in total. The predicted octanol–water partition coefficient (Wildman–Crippen LogP) is 3.48. The van der Waals surface area contributed by atoms with Crippen molar-refractivity contribution in [2.45, 2.75) is 17.9 Å². The molecule has 160 valence electrons. The summed E-state index contributed by atoms with van der Waals surface area (Å²) in [5.74, 6) is -0.905. The van der Waals surface area contributed by atoms with Crippen LogP contribution in [0.4, 0.5) is 5.69 Å². The van der Waals surface area contributed by atoms with Gasteiger partial charge in [-0.3, -0.25) is 14.3 Å². The largest absolute Gasteiger partial charge is 0.480 e. The van der Waals surface area contributed by atoms with Gasteiger partial charge in [0.25, 0.3) is 15.9 Å². The number of para-hydroxylation sites is 3. The highest BCUT2D eigenvalue weighted by Crippen LogP contribution is 2.30. The van der Waals surface area contributed by atoms with Gasteiger partial charge in [-0.1, -0.05) is 30.3 Å². The van der Waals surface area contributed by atoms with Crippen LogP contribution in [0.25, 0.3) is 0 Å². The van der Waals surface area contributed by atoms with Crippen LogP contribution >= 0.6 is 0 Å². The summed E-state index contributed by atoms with van der Waals surface area (Å²) in [6.07, 6.45) is 0. The number of carbonyl (C=O) groups is 2. The van der Waals surface area contributed by atoms with Gasteiger partial charge in [0.15, 0.2) is 5.75 Å². The zero-order valence-electron chi connectivity index (χ0n) is 16.5. The lowest BCUT2D eigenvalue weighted by molar-refractivity contribution is -0.138. The molecule has 0 saturated heterocycles. The predicted molar refractivity (Wildman–Crippen MR) is 115 cm³/mol. The summed E-state index contributed by atoms with van der Waals surface area (Å²) >= 11 is 0. The topological polar surface area (TPSA) is 122 Å². The molecule has 0 aliphatic heterocycles. The van der Waals surface area contributed by atoms with Crippen molar-refractivity contribution in [3.05, 3.63) is 84.4 Å². The van der Waals surface area contributed by atoms with Gasteiger partial charge in [0.05, 0.1) is 10.6 Å². The van der Waals surface area contributed by atoms with Crippen molar-refractivity contribution in [1.29, 1.82) is 0 Å². The number of benzene rings is 3. The Kier molecular flexibility index (Phi) is 6.56. The van der Waals surface area contributed by atoms with E-state index in [4.69, 9.17) is 9.84 Å². The molecule has 0 heterocycles. The Morgan fingerprint density at radius 2 is 1.52 bits per heavy atom. The second kappa shape index (κ2) is 9.31. The van der Waals surface area contributed by atoms with E-state index in [9.17, 15) is 18.0 Å². The number of ether oxygens (including phenoxy) is 1. The van der Waals surface area contributed by atoms with Gasteiger partial charge in [0.2, 0.25) is 0 Å². The Hall–Kier alpha value is -3.85. The minimum atomic E-state index is -3.96. The van der Waals surface area contributed by atoms with E-state index in [1.54, 1.807) is 48.5 Å². The van der Waals surface area contributed by atoms with E-state index in [1.807, 2.05) is 6.07 Å². The molecule has 0 aliphatic carbocycles. The molecule has 8 nitrogen and oxygen atoms in total. The molecule has 0 saturated carbocycles. The highest BCUT2D eigenvalue weighted by molar-refractivity contribution is 7.92. The van der Waals surface area contributed by atoms with Crippen LogP contribution in [0, 0.1) is 0 Å². The van der Waals surface area contributed by atoms with E-state index in [1.165, 1.54) is 31.2 Å². The van der Waals surface area contributed by atoms with E-state index in [2.05, 4.69) is 10.0 Å². The molecule has 0 unspecified atom stereocenters. The molecule has 0 aliphatic rings. The van der Waals surface area contributed by atoms with Gasteiger partial charge in [-0.05, 0) is 55.5 Å². The molecule has 31 heavy (non-hydrogen) atoms. The zero-order chi connectivity index (χ0) is 22.4. The lowest BCUT2D eigenvalue weighted by atomic mass is 10.2. The number of nitrogens with one attached hydrogen (secondary N) is 2. The number of carboxylic acid groups (broad SMARTS) is 1. The van der Waals surface area contributed by atoms with Crippen molar-refractivity contribution >= 4 is 27.6 Å². The quantitative estimate of drug-likeness (QED) is 0.493. The second-order valence-corrected chi connectivity index (χ2v) is 8.26. The molecule has 3 rings (SSSR count). The van der Waals surface area contributed by atoms with Gasteiger partial charge in [0.1, 0.15) is 11.8 Å². The summed E-state index contributed by atoms with van der Waals surface area (Å²) < 4.78 is 33.9. The first-order valence-electron chi connectivity index (χ1n) is 9.25. The third-order valence-corrected chi connectivity index (χ3v) is 5.63. The van der Waals surface area contributed by atoms with Crippen molar-refractivity contribution in [3.8, 4) is 11.5 Å². The number of carboxylic acids is 1. The van der Waals surface area contributed by atoms with Crippen LogP contribution in [-0.2, 0) is 14.8 Å². The molecule has 0 fully saturated rings. The monoisotopic (exact) mass is 440 g/mol. The van der Waals surface area contributed by atoms with Crippen LogP contribution in [0.1, 0.15) is 17.3 Å². The van der Waals surface area contributed by atoms with Crippen molar-refractivity contribution in [3.63, 3.8) is 0 Å². The van der Waals surface area contributed by atoms with Gasteiger partial charge in [0, 0.05) is 5.56 Å². The fourth-order valence-electron chi connectivity index (χ4n) is 2.59. The third kappa shape index (κ3) is 5.61. The Balaban J connectivity index is 1.77. The summed E-state index contributed by atoms with van der Waals surface area (Å²) in [6, 6.07) is 19.6. The molecule has 0 spiro atoms. The summed E-state index contributed by atoms with van der Waals surface area (Å²) in [7, 11) is -3.96. The number of hydrogen-bond donors (Lipinski definition) is 3. The van der Waals surface area contributed by atoms with E-state index in [-0.39, 0.29) is 16.1 Å². The molecule has 1 amide bonds. The van der Waals surface area contributed by atoms with E-state index in [0.717, 1.165) is 0 Å². The summed E-state index contributed by atoms with van der Waals surface area (Å²) in [5.41, 5.74) is 0.392. The van der Waals surface area contributed by atoms with Gasteiger partial charge in [-0.25, -0.2) is 8.42 Å². The first-order chi connectivity index (χ1) is 14.8. The van der Waals surface area contributed by atoms with Crippen LogP contribution in [0.3, 0.4) is 0 Å². The standard InChI is InChI=1S/C22H20N2O6S/c1-15(22(26)27)23-21(25)16-11-13-18(14-12-16)31(28,29)24-19-9-5-6-10-20(19)30-17-7-3-2-4-8-17/h2-15,24H,1H3,(H,23,25)(H,26,27)/t15-/m0/s1. The first-order valence-corrected chi connectivity index (χ1v) is 10.7. The number of amides is 1. The van der Waals surface area contributed by atoms with E-state index >= 15 is 0 Å². The Labute approximate surface area is 179 Å². The number of hydrogen-bond acceptors (Lipinski definition) is 5. The van der Waals surface area contributed by atoms with Crippen LogP contribution in [0.2, 0.25) is 0 Å². The number of anilines is 1. The third-order valence-electron chi connectivity index (χ3n) is 4.25. The minimum Gasteiger partial charge on any atom is -0.480 e. The Bertz CT molecular complexity index is 1180. The molecule has 0 aromatic heterocycles. The van der Waals surface area contributed by atoms with Crippen LogP contribution in [0.5, 0.6) is 11.5 Å². The maximum Gasteiger partial charge on any atom is 0.325 e. The van der Waals surface area contributed by atoms with Gasteiger partial charge in [-0.15, -0.1) is 0 Å². The Morgan fingerprint density at radius 3 is 2.16 bits per heavy atom. The minimum absolute atomic E-state index is 0.0650. The van der Waals surface area contributed by atoms with E-state index < -0.39 is 27.9 Å². The fraction of sp³-hybridized carbons (Fsp3) is 0.0909. The molecule has 0 bridgehead atoms. The molecule has 3 aromatic carbocycles. The maximum absolute atomic E-state index is 12.8. The van der Waals surface area contributed by atoms with Crippen LogP contribution in [-0.4, -0.2) is 31.4 Å². The van der Waals surface area contributed by atoms with E-state index in [0.29, 0.717) is 11.5 Å². The molecule has 9 heteroatoms. The molecule has 1 atom stereocenters. The van der Waals surface area contributed by atoms with Gasteiger partial charge >= 0.3 is 5.97 Å². The maximum atomic E-state index is 12.8. The highest BCUT2D eigenvalue weighted by atomic mass is 32.2. The SMILES string of the molecule is C[C@H](NC(=O)c1ccc(S(=O)(=O)Nc2ccccc2Oc2ccccc2)cc1)C(=O)O. The lowest BCUT2D eigenvalue weighted by Crippen LogP contribution is -2.38. The van der Waals surface area contributed by atoms with Crippen LogP contribution in [0.15, 0.2) is 83.8 Å². The molecule has 0 radical (unpaired) electrons. The number of carbonyl (C=O) groups excluding carboxylic acids is 1. The van der Waals surface area contributed by atoms with Crippen molar-refractivity contribution in [2.75, 3.05) is 4.72 Å². The summed E-state index contributed by atoms with van der Waals surface area (Å²) in [4.78, 5) is 22.9. The second-order valence-electron chi connectivity index (χ2n) is 6.57. The smallest absolute Gasteiger partial charge is 0.325 e. The van der Waals surface area contributed by atoms with Crippen LogP contribution < -0.4 is 14.8 Å². The average Bonchev–Trinajstić information content (AvgIpc) is 2.75. The number of rotatable bonds is 8. The van der Waals surface area contributed by atoms with Gasteiger partial charge in [-0.2, -0.15) is 0 Å². The number of aliphatic carboxylic acids is 1. The normalized spacial score (nSPS) is 11.9. The fourth-order valence-corrected chi connectivity index (χ4v) is 3.66. The number of sulfonamides is 1. The summed E-state index contributed by atoms with van der Waals surface area (Å²) in [5, 5.41) is 11.2. The van der Waals surface area contributed by atoms with Gasteiger partial charge < -0.3 is 15.2 Å². The van der Waals surface area contributed by atoms with Crippen molar-refractivity contribution in [2.24, 2.45) is 0 Å². The molecular weight excluding hydrogens is 420 g/mol. The van der Waals surface area contributed by atoms with Crippen molar-refractivity contribution in [1.82, 2.24) is 5.32 Å². The molecular formula is C22H20N2O6S. The Morgan fingerprint density at radius 1 is 0.903 bits per heavy atom. The summed E-state index contributed by atoms with van der Waals surface area (Å²) in [6.45, 7) is 1.33. The average molecular weight is 440 g/mol. The van der Waals surface area contributed by atoms with Crippen molar-refractivity contribution < 1.29 is 27.9 Å². The molecule has 3 aromatic rings. The first kappa shape index (κ1) is 21.8. The zero-order valence-corrected chi connectivity index (χ0v) is 17.3. The highest BCUT2D eigenvalue weighted by Gasteiger charge is 2.19.